The van der Waals surface area contributed by atoms with Crippen LogP contribution in [0.3, 0.4) is 0 Å². The first kappa shape index (κ1) is 14.3. The third kappa shape index (κ3) is 4.21. The summed E-state index contributed by atoms with van der Waals surface area (Å²) in [6, 6.07) is 0. The van der Waals surface area contributed by atoms with E-state index in [0.29, 0.717) is 12.2 Å². The van der Waals surface area contributed by atoms with Gasteiger partial charge < -0.3 is 15.7 Å². The van der Waals surface area contributed by atoms with Crippen molar-refractivity contribution in [3.8, 4) is 0 Å². The number of aromatic nitrogens is 2. The van der Waals surface area contributed by atoms with Crippen LogP contribution in [0.1, 0.15) is 26.7 Å². The number of hydrogen-bond donors (Lipinski definition) is 2. The molecule has 1 atom stereocenters. The molecule has 1 aliphatic rings. The van der Waals surface area contributed by atoms with Gasteiger partial charge in [0.25, 0.3) is 0 Å². The maximum absolute atomic E-state index is 10.1. The fraction of sp³-hybridized carbons (Fsp3) is 0.786. The minimum Gasteiger partial charge on any atom is -0.396 e. The molecular weight excluding hydrogens is 240 g/mol. The number of nitrogens with two attached hydrogens (primary N) is 1. The summed E-state index contributed by atoms with van der Waals surface area (Å²) in [4.78, 5) is 2.36. The molecule has 1 aliphatic heterocycles. The highest BCUT2D eigenvalue weighted by atomic mass is 16.3. The van der Waals surface area contributed by atoms with Crippen LogP contribution in [0.5, 0.6) is 0 Å². The van der Waals surface area contributed by atoms with Crippen molar-refractivity contribution >= 4 is 5.69 Å². The van der Waals surface area contributed by atoms with E-state index in [1.165, 1.54) is 12.8 Å². The van der Waals surface area contributed by atoms with Crippen LogP contribution in [0.2, 0.25) is 0 Å². The number of piperidine rings is 1. The maximum atomic E-state index is 10.1. The van der Waals surface area contributed by atoms with Gasteiger partial charge in [-0.1, -0.05) is 13.8 Å². The number of rotatable bonds is 5. The normalized spacial score (nSPS) is 20.0. The van der Waals surface area contributed by atoms with E-state index in [9.17, 15) is 5.11 Å². The van der Waals surface area contributed by atoms with Crippen molar-refractivity contribution in [2.75, 3.05) is 25.4 Å². The summed E-state index contributed by atoms with van der Waals surface area (Å²) in [5, 5.41) is 14.2. The molecule has 1 saturated heterocycles. The van der Waals surface area contributed by atoms with E-state index in [0.717, 1.165) is 31.5 Å². The molecule has 2 heterocycles. The third-order valence-electron chi connectivity index (χ3n) is 4.10. The van der Waals surface area contributed by atoms with Gasteiger partial charge in [-0.25, -0.2) is 0 Å². The first-order valence-electron chi connectivity index (χ1n) is 7.23. The lowest BCUT2D eigenvalue weighted by molar-refractivity contribution is 0.0700. The zero-order valence-electron chi connectivity index (χ0n) is 12.0. The molecule has 0 aromatic carbocycles. The molecule has 3 N–H and O–H groups in total. The van der Waals surface area contributed by atoms with E-state index in [1.807, 2.05) is 0 Å². The highest BCUT2D eigenvalue weighted by Crippen LogP contribution is 2.24. The molecule has 1 aromatic heterocycles. The molecule has 5 heteroatoms. The number of anilines is 1. The molecule has 19 heavy (non-hydrogen) atoms. The third-order valence-corrected chi connectivity index (χ3v) is 4.10. The molecule has 1 aromatic rings. The highest BCUT2D eigenvalue weighted by molar-refractivity contribution is 5.30. The number of nitrogens with zero attached hydrogens (tertiary/aromatic N) is 3. The van der Waals surface area contributed by atoms with Gasteiger partial charge in [0, 0.05) is 12.7 Å². The van der Waals surface area contributed by atoms with Crippen molar-refractivity contribution in [1.29, 1.82) is 0 Å². The summed E-state index contributed by atoms with van der Waals surface area (Å²) in [5.74, 6) is 1.62. The van der Waals surface area contributed by atoms with Crippen molar-refractivity contribution < 1.29 is 5.11 Å². The first-order valence-corrected chi connectivity index (χ1v) is 7.23. The average Bonchev–Trinajstić information content (AvgIpc) is 2.75. The number of hydrogen-bond acceptors (Lipinski definition) is 4. The SMILES string of the molecule is CC(C)C1CCN(CC(O)Cn2cc(N)cn2)CC1. The Morgan fingerprint density at radius 1 is 1.37 bits per heavy atom. The average molecular weight is 266 g/mol. The van der Waals surface area contributed by atoms with E-state index in [4.69, 9.17) is 5.73 Å². The Morgan fingerprint density at radius 3 is 2.58 bits per heavy atom. The van der Waals surface area contributed by atoms with E-state index in [-0.39, 0.29) is 6.10 Å². The number of nitrogen functional groups attached to an aromatic ring is 1. The molecule has 5 nitrogen and oxygen atoms in total. The second-order valence-corrected chi connectivity index (χ2v) is 6.03. The molecule has 0 amide bonds. The molecule has 0 aliphatic carbocycles. The summed E-state index contributed by atoms with van der Waals surface area (Å²) < 4.78 is 1.71. The Balaban J connectivity index is 1.73. The summed E-state index contributed by atoms with van der Waals surface area (Å²) in [6.45, 7) is 8.04. The van der Waals surface area contributed by atoms with Crippen LogP contribution in [0.25, 0.3) is 0 Å². The van der Waals surface area contributed by atoms with Crippen LogP contribution in [0.4, 0.5) is 5.69 Å². The monoisotopic (exact) mass is 266 g/mol. The largest absolute Gasteiger partial charge is 0.396 e. The standard InChI is InChI=1S/C14H26N4O/c1-11(2)12-3-5-17(6-4-12)9-14(19)10-18-8-13(15)7-16-18/h7-8,11-12,14,19H,3-6,9-10,15H2,1-2H3. The molecule has 0 spiro atoms. The summed E-state index contributed by atoms with van der Waals surface area (Å²) in [5.41, 5.74) is 6.25. The van der Waals surface area contributed by atoms with E-state index < -0.39 is 0 Å². The topological polar surface area (TPSA) is 67.3 Å². The van der Waals surface area contributed by atoms with E-state index in [2.05, 4.69) is 23.8 Å². The number of aliphatic hydroxyl groups excluding tert-OH is 1. The highest BCUT2D eigenvalue weighted by Gasteiger charge is 2.22. The lowest BCUT2D eigenvalue weighted by atomic mass is 9.86. The minimum atomic E-state index is -0.380. The van der Waals surface area contributed by atoms with Crippen LogP contribution < -0.4 is 5.73 Å². The molecular formula is C14H26N4O. The van der Waals surface area contributed by atoms with Crippen LogP contribution in [-0.2, 0) is 6.54 Å². The van der Waals surface area contributed by atoms with Crippen molar-refractivity contribution in [2.45, 2.75) is 39.3 Å². The predicted octanol–water partition coefficient (Wildman–Crippen LogP) is 1.19. The van der Waals surface area contributed by atoms with Crippen LogP contribution in [0, 0.1) is 11.8 Å². The molecule has 108 valence electrons. The summed E-state index contributed by atoms with van der Waals surface area (Å²) in [7, 11) is 0. The lowest BCUT2D eigenvalue weighted by Crippen LogP contribution is -2.41. The van der Waals surface area contributed by atoms with Crippen molar-refractivity contribution in [3.63, 3.8) is 0 Å². The predicted molar refractivity (Wildman–Crippen MR) is 76.6 cm³/mol. The van der Waals surface area contributed by atoms with Gasteiger partial charge in [0.15, 0.2) is 0 Å². The summed E-state index contributed by atoms with van der Waals surface area (Å²) >= 11 is 0. The van der Waals surface area contributed by atoms with Gasteiger partial charge in [-0.2, -0.15) is 5.10 Å². The zero-order valence-corrected chi connectivity index (χ0v) is 12.0. The molecule has 2 rings (SSSR count). The van der Waals surface area contributed by atoms with Crippen LogP contribution in [-0.4, -0.2) is 45.5 Å². The Labute approximate surface area is 115 Å². The van der Waals surface area contributed by atoms with Gasteiger partial charge in [-0.3, -0.25) is 4.68 Å². The Morgan fingerprint density at radius 2 is 2.05 bits per heavy atom. The van der Waals surface area contributed by atoms with E-state index >= 15 is 0 Å². The van der Waals surface area contributed by atoms with Gasteiger partial charge in [-0.05, 0) is 37.8 Å². The number of aliphatic hydroxyl groups is 1. The Hall–Kier alpha value is -1.07. The molecule has 1 fully saturated rings. The van der Waals surface area contributed by atoms with Gasteiger partial charge in [0.05, 0.1) is 24.5 Å². The first-order chi connectivity index (χ1) is 9.04. The van der Waals surface area contributed by atoms with Crippen molar-refractivity contribution in [2.24, 2.45) is 11.8 Å². The summed E-state index contributed by atoms with van der Waals surface area (Å²) in [6.07, 6.45) is 5.49. The Kier molecular flexibility index (Phi) is 4.82. The minimum absolute atomic E-state index is 0.380. The van der Waals surface area contributed by atoms with E-state index in [1.54, 1.807) is 17.1 Å². The second-order valence-electron chi connectivity index (χ2n) is 6.03. The molecule has 0 bridgehead atoms. The number of likely N-dealkylation sites (tertiary alicyclic amines) is 1. The molecule has 1 unspecified atom stereocenters. The van der Waals surface area contributed by atoms with Gasteiger partial charge in [-0.15, -0.1) is 0 Å². The fourth-order valence-electron chi connectivity index (χ4n) is 2.85. The van der Waals surface area contributed by atoms with Crippen molar-refractivity contribution in [3.05, 3.63) is 12.4 Å². The Bertz CT molecular complexity index is 383. The van der Waals surface area contributed by atoms with Crippen LogP contribution >= 0.6 is 0 Å². The van der Waals surface area contributed by atoms with Crippen LogP contribution in [0.15, 0.2) is 12.4 Å². The lowest BCUT2D eigenvalue weighted by Gasteiger charge is -2.34. The second kappa shape index (κ2) is 6.39. The van der Waals surface area contributed by atoms with Crippen molar-refractivity contribution in [1.82, 2.24) is 14.7 Å². The molecule has 0 radical (unpaired) electrons. The van der Waals surface area contributed by atoms with Gasteiger partial charge in [0.1, 0.15) is 0 Å². The van der Waals surface area contributed by atoms with Gasteiger partial charge in [0.2, 0.25) is 0 Å². The molecule has 0 saturated carbocycles. The van der Waals surface area contributed by atoms with Gasteiger partial charge >= 0.3 is 0 Å². The maximum Gasteiger partial charge on any atom is 0.0862 e. The number of β-amino-alcohol motifs (C(OH)–C–C–N with tert-alkyl or cyclic N) is 1. The zero-order chi connectivity index (χ0) is 13.8. The quantitative estimate of drug-likeness (QED) is 0.840. The fourth-order valence-corrected chi connectivity index (χ4v) is 2.85. The smallest absolute Gasteiger partial charge is 0.0862 e.